The van der Waals surface area contributed by atoms with Crippen LogP contribution in [0.5, 0.6) is 0 Å². The minimum atomic E-state index is -0.225. The molecule has 2 aromatic carbocycles. The Hall–Kier alpha value is -3.15. The third-order valence-corrected chi connectivity index (χ3v) is 4.49. The lowest BCUT2D eigenvalue weighted by atomic mass is 10.1. The lowest BCUT2D eigenvalue weighted by Crippen LogP contribution is -2.24. The molecule has 1 aliphatic heterocycles. The molecule has 4 rings (SSSR count). The molecule has 6 heteroatoms. The van der Waals surface area contributed by atoms with E-state index < -0.39 is 0 Å². The van der Waals surface area contributed by atoms with Crippen LogP contribution in [0.25, 0.3) is 11.1 Å². The number of carbonyl (C=O) groups is 2. The van der Waals surface area contributed by atoms with Gasteiger partial charge in [0.1, 0.15) is 5.52 Å². The molecule has 0 atom stereocenters. The maximum Gasteiger partial charge on any atom is 0.255 e. The van der Waals surface area contributed by atoms with Gasteiger partial charge in [0.2, 0.25) is 5.91 Å². The van der Waals surface area contributed by atoms with E-state index in [0.717, 1.165) is 24.0 Å². The summed E-state index contributed by atoms with van der Waals surface area (Å²) in [4.78, 5) is 30.6. The monoisotopic (exact) mass is 349 g/mol. The van der Waals surface area contributed by atoms with Crippen LogP contribution in [-0.2, 0) is 11.2 Å². The van der Waals surface area contributed by atoms with E-state index >= 15 is 0 Å². The topological polar surface area (TPSA) is 75.4 Å². The van der Waals surface area contributed by atoms with Gasteiger partial charge in [-0.15, -0.1) is 0 Å². The number of aryl methyl sites for hydroxylation is 1. The smallest absolute Gasteiger partial charge is 0.255 e. The summed E-state index contributed by atoms with van der Waals surface area (Å²) >= 11 is 0. The molecule has 0 saturated carbocycles. The van der Waals surface area contributed by atoms with Gasteiger partial charge in [0.25, 0.3) is 5.91 Å². The first-order valence-electron chi connectivity index (χ1n) is 8.75. The number of carbonyl (C=O) groups excluding carboxylic acids is 2. The molecule has 2 heterocycles. The van der Waals surface area contributed by atoms with Crippen molar-refractivity contribution in [3.8, 4) is 0 Å². The number of benzene rings is 2. The Morgan fingerprint density at radius 3 is 2.92 bits per heavy atom. The summed E-state index contributed by atoms with van der Waals surface area (Å²) in [6.45, 7) is 2.68. The zero-order chi connectivity index (χ0) is 18.1. The maximum absolute atomic E-state index is 12.6. The van der Waals surface area contributed by atoms with Crippen molar-refractivity contribution in [2.45, 2.75) is 26.2 Å². The van der Waals surface area contributed by atoms with Gasteiger partial charge in [-0.05, 0) is 42.8 Å². The minimum Gasteiger partial charge on any atom is -0.441 e. The van der Waals surface area contributed by atoms with Crippen LogP contribution in [0.15, 0.2) is 46.9 Å². The van der Waals surface area contributed by atoms with Crippen molar-refractivity contribution >= 4 is 34.3 Å². The van der Waals surface area contributed by atoms with Crippen LogP contribution in [0.3, 0.4) is 0 Å². The molecule has 0 unspecified atom stereocenters. The summed E-state index contributed by atoms with van der Waals surface area (Å²) in [5.41, 5.74) is 3.35. The first-order valence-corrected chi connectivity index (χ1v) is 8.75. The predicted molar refractivity (Wildman–Crippen MR) is 99.4 cm³/mol. The maximum atomic E-state index is 12.6. The van der Waals surface area contributed by atoms with E-state index in [2.05, 4.69) is 10.3 Å². The van der Waals surface area contributed by atoms with Crippen LogP contribution in [0, 0.1) is 0 Å². The van der Waals surface area contributed by atoms with Crippen molar-refractivity contribution in [2.75, 3.05) is 16.8 Å². The third kappa shape index (κ3) is 3.06. The molecule has 2 amide bonds. The normalized spacial score (nSPS) is 14.2. The summed E-state index contributed by atoms with van der Waals surface area (Å²) in [5.74, 6) is 0.550. The molecule has 0 aliphatic carbocycles. The van der Waals surface area contributed by atoms with Crippen LogP contribution < -0.4 is 10.2 Å². The second-order valence-corrected chi connectivity index (χ2v) is 6.30. The van der Waals surface area contributed by atoms with Gasteiger partial charge in [-0.3, -0.25) is 9.59 Å². The fourth-order valence-corrected chi connectivity index (χ4v) is 3.14. The van der Waals surface area contributed by atoms with Gasteiger partial charge in [-0.2, -0.15) is 0 Å². The Balaban J connectivity index is 1.55. The Morgan fingerprint density at radius 1 is 1.27 bits per heavy atom. The summed E-state index contributed by atoms with van der Waals surface area (Å²) in [6, 6.07) is 12.5. The first-order chi connectivity index (χ1) is 12.6. The van der Waals surface area contributed by atoms with Gasteiger partial charge < -0.3 is 14.6 Å². The standard InChI is InChI=1S/C20H19N3O3/c1-2-18-22-16-12-14(8-9-17(16)26-18)21-20(25)13-5-3-6-15(11-13)23-10-4-7-19(23)24/h3,5-6,8-9,11-12H,2,4,7,10H2,1H3,(H,21,25). The number of aromatic nitrogens is 1. The molecule has 0 radical (unpaired) electrons. The van der Waals surface area contributed by atoms with E-state index in [-0.39, 0.29) is 11.8 Å². The fourth-order valence-electron chi connectivity index (χ4n) is 3.14. The molecule has 1 aromatic heterocycles. The van der Waals surface area contributed by atoms with E-state index in [1.165, 1.54) is 0 Å². The van der Waals surface area contributed by atoms with Crippen molar-refractivity contribution in [2.24, 2.45) is 0 Å². The quantitative estimate of drug-likeness (QED) is 0.778. The van der Waals surface area contributed by atoms with Gasteiger partial charge in [0.15, 0.2) is 11.5 Å². The molecule has 0 spiro atoms. The van der Waals surface area contributed by atoms with E-state index in [9.17, 15) is 9.59 Å². The van der Waals surface area contributed by atoms with Crippen molar-refractivity contribution in [3.05, 3.63) is 53.9 Å². The molecule has 1 aliphatic rings. The molecule has 26 heavy (non-hydrogen) atoms. The summed E-state index contributed by atoms with van der Waals surface area (Å²) in [6.07, 6.45) is 2.14. The largest absolute Gasteiger partial charge is 0.441 e. The number of anilines is 2. The van der Waals surface area contributed by atoms with Crippen LogP contribution >= 0.6 is 0 Å². The average molecular weight is 349 g/mol. The second-order valence-electron chi connectivity index (χ2n) is 6.30. The summed E-state index contributed by atoms with van der Waals surface area (Å²) in [5, 5.41) is 2.88. The lowest BCUT2D eigenvalue weighted by molar-refractivity contribution is -0.117. The van der Waals surface area contributed by atoms with Gasteiger partial charge in [-0.25, -0.2) is 4.98 Å². The Labute approximate surface area is 150 Å². The lowest BCUT2D eigenvalue weighted by Gasteiger charge is -2.16. The van der Waals surface area contributed by atoms with Crippen molar-refractivity contribution in [3.63, 3.8) is 0 Å². The van der Waals surface area contributed by atoms with Crippen molar-refractivity contribution < 1.29 is 14.0 Å². The number of fused-ring (bicyclic) bond motifs is 1. The second kappa shape index (κ2) is 6.63. The van der Waals surface area contributed by atoms with Gasteiger partial charge in [-0.1, -0.05) is 13.0 Å². The molecule has 1 N–H and O–H groups in total. The first kappa shape index (κ1) is 16.3. The molecule has 1 saturated heterocycles. The highest BCUT2D eigenvalue weighted by Crippen LogP contribution is 2.24. The number of hydrogen-bond donors (Lipinski definition) is 1. The number of oxazole rings is 1. The number of nitrogens with zero attached hydrogens (tertiary/aromatic N) is 2. The molecular weight excluding hydrogens is 330 g/mol. The van der Waals surface area contributed by atoms with Gasteiger partial charge in [0.05, 0.1) is 0 Å². The Morgan fingerprint density at radius 2 is 2.15 bits per heavy atom. The van der Waals surface area contributed by atoms with Gasteiger partial charge in [0, 0.05) is 36.3 Å². The minimum absolute atomic E-state index is 0.103. The zero-order valence-corrected chi connectivity index (χ0v) is 14.5. The van der Waals surface area contributed by atoms with E-state index in [4.69, 9.17) is 4.42 Å². The van der Waals surface area contributed by atoms with Gasteiger partial charge >= 0.3 is 0 Å². The van der Waals surface area contributed by atoms with E-state index in [1.807, 2.05) is 13.0 Å². The SMILES string of the molecule is CCc1nc2cc(NC(=O)c3cccc(N4CCCC4=O)c3)ccc2o1. The summed E-state index contributed by atoms with van der Waals surface area (Å²) in [7, 11) is 0. The Bertz CT molecular complexity index is 993. The number of rotatable bonds is 4. The molecule has 3 aromatic rings. The number of nitrogens with one attached hydrogen (secondary N) is 1. The van der Waals surface area contributed by atoms with E-state index in [0.29, 0.717) is 35.7 Å². The molecule has 6 nitrogen and oxygen atoms in total. The summed E-state index contributed by atoms with van der Waals surface area (Å²) < 4.78 is 5.58. The average Bonchev–Trinajstić information content (AvgIpc) is 3.27. The molecule has 0 bridgehead atoms. The molecule has 132 valence electrons. The number of hydrogen-bond acceptors (Lipinski definition) is 4. The van der Waals surface area contributed by atoms with Crippen LogP contribution in [0.1, 0.15) is 36.0 Å². The zero-order valence-electron chi connectivity index (χ0n) is 14.5. The highest BCUT2D eigenvalue weighted by Gasteiger charge is 2.22. The highest BCUT2D eigenvalue weighted by molar-refractivity contribution is 6.06. The fraction of sp³-hybridized carbons (Fsp3) is 0.250. The molecular formula is C20H19N3O3. The van der Waals surface area contributed by atoms with Crippen LogP contribution in [0.4, 0.5) is 11.4 Å². The number of amides is 2. The highest BCUT2D eigenvalue weighted by atomic mass is 16.3. The van der Waals surface area contributed by atoms with Crippen molar-refractivity contribution in [1.29, 1.82) is 0 Å². The van der Waals surface area contributed by atoms with Crippen LogP contribution in [0.2, 0.25) is 0 Å². The predicted octanol–water partition coefficient (Wildman–Crippen LogP) is 3.77. The molecule has 1 fully saturated rings. The third-order valence-electron chi connectivity index (χ3n) is 4.49. The van der Waals surface area contributed by atoms with Crippen molar-refractivity contribution in [1.82, 2.24) is 4.98 Å². The Kier molecular flexibility index (Phi) is 4.16. The van der Waals surface area contributed by atoms with E-state index in [1.54, 1.807) is 41.3 Å². The van der Waals surface area contributed by atoms with Crippen LogP contribution in [-0.4, -0.2) is 23.3 Å².